The number of nitrogens with zero attached hydrogens (tertiary/aromatic N) is 3. The molecule has 44 heavy (non-hydrogen) atoms. The Hall–Kier alpha value is -5.48. The van der Waals surface area contributed by atoms with Crippen molar-refractivity contribution in [2.75, 3.05) is 31.8 Å². The van der Waals surface area contributed by atoms with Crippen LogP contribution in [0.2, 0.25) is 0 Å². The van der Waals surface area contributed by atoms with E-state index in [1.165, 1.54) is 7.11 Å². The van der Waals surface area contributed by atoms with Crippen molar-refractivity contribution in [3.63, 3.8) is 0 Å². The molecule has 1 fully saturated rings. The molecule has 0 bridgehead atoms. The summed E-state index contributed by atoms with van der Waals surface area (Å²) in [7, 11) is 1.25. The van der Waals surface area contributed by atoms with Crippen molar-refractivity contribution in [2.45, 2.75) is 12.5 Å². The van der Waals surface area contributed by atoms with Crippen LogP contribution >= 0.6 is 0 Å². The Bertz CT molecular complexity index is 1760. The zero-order chi connectivity index (χ0) is 30.5. The molecule has 4 aromatic rings. The zero-order valence-electron chi connectivity index (χ0n) is 24.1. The molecule has 0 saturated carbocycles. The number of allylic oxidation sites excluding steroid dienone is 1. The largest absolute Gasteiger partial charge is 0.497 e. The number of carbonyl (C=O) groups excluding carboxylic acids is 3. The van der Waals surface area contributed by atoms with E-state index in [1.54, 1.807) is 41.5 Å². The summed E-state index contributed by atoms with van der Waals surface area (Å²) >= 11 is 0. The number of hydrogen-bond acceptors (Lipinski definition) is 7. The zero-order valence-corrected chi connectivity index (χ0v) is 24.1. The van der Waals surface area contributed by atoms with E-state index in [4.69, 9.17) is 14.5 Å². The quantitative estimate of drug-likeness (QED) is 0.317. The number of benzene rings is 3. The number of fused-ring (bicyclic) bond motifs is 1. The molecule has 222 valence electrons. The average molecular weight is 590 g/mol. The summed E-state index contributed by atoms with van der Waals surface area (Å²) in [4.78, 5) is 47.8. The molecule has 3 aromatic carbocycles. The Morgan fingerprint density at radius 3 is 2.50 bits per heavy atom. The molecule has 3 amide bonds. The lowest BCUT2D eigenvalue weighted by Crippen LogP contribution is -2.55. The minimum absolute atomic E-state index is 0.118. The van der Waals surface area contributed by atoms with E-state index < -0.39 is 18.0 Å². The maximum absolute atomic E-state index is 14.4. The molecule has 2 aliphatic heterocycles. The molecule has 2 N–H and O–H groups in total. The number of hydrazine groups is 1. The number of rotatable bonds is 6. The summed E-state index contributed by atoms with van der Waals surface area (Å²) in [6.07, 6.45) is 4.66. The van der Waals surface area contributed by atoms with E-state index in [0.29, 0.717) is 53.1 Å². The Balaban J connectivity index is 1.48. The summed E-state index contributed by atoms with van der Waals surface area (Å²) < 4.78 is 10.3. The predicted octanol–water partition coefficient (Wildman–Crippen LogP) is 4.59. The summed E-state index contributed by atoms with van der Waals surface area (Å²) in [5, 5.41) is 5.01. The number of hydrogen-bond donors (Lipinski definition) is 2. The fourth-order valence-corrected chi connectivity index (χ4v) is 5.52. The maximum atomic E-state index is 14.4. The van der Waals surface area contributed by atoms with Gasteiger partial charge in [-0.2, -0.15) is 5.01 Å². The number of pyridine rings is 1. The first-order valence-electron chi connectivity index (χ1n) is 14.3. The first-order valence-corrected chi connectivity index (χ1v) is 14.3. The van der Waals surface area contributed by atoms with Crippen LogP contribution in [0.15, 0.2) is 109 Å². The van der Waals surface area contributed by atoms with Crippen molar-refractivity contribution >= 4 is 34.5 Å². The van der Waals surface area contributed by atoms with Gasteiger partial charge in [-0.1, -0.05) is 66.7 Å². The van der Waals surface area contributed by atoms with Gasteiger partial charge in [0.1, 0.15) is 6.61 Å². The molecule has 10 heteroatoms. The topological polar surface area (TPSA) is 113 Å². The molecule has 0 spiro atoms. The molecule has 0 radical (unpaired) electrons. The number of methoxy groups -OCH3 is 1. The lowest BCUT2D eigenvalue weighted by atomic mass is 9.91. The van der Waals surface area contributed by atoms with Crippen LogP contribution in [0.5, 0.6) is 0 Å². The number of ether oxygens (including phenoxy) is 2. The van der Waals surface area contributed by atoms with Gasteiger partial charge in [0, 0.05) is 29.7 Å². The minimum Gasteiger partial charge on any atom is -0.497 e. The molecule has 1 saturated heterocycles. The second-order valence-electron chi connectivity index (χ2n) is 10.2. The second kappa shape index (κ2) is 12.8. The van der Waals surface area contributed by atoms with Crippen LogP contribution in [0.4, 0.5) is 10.5 Å². The molecular formula is C34H31N5O5. The van der Waals surface area contributed by atoms with Crippen LogP contribution in [0.3, 0.4) is 0 Å². The highest BCUT2D eigenvalue weighted by Gasteiger charge is 2.34. The van der Waals surface area contributed by atoms with Crippen LogP contribution in [-0.2, 0) is 20.7 Å². The van der Waals surface area contributed by atoms with Crippen LogP contribution in [0, 0.1) is 0 Å². The van der Waals surface area contributed by atoms with Crippen molar-refractivity contribution in [1.29, 1.82) is 0 Å². The summed E-state index contributed by atoms with van der Waals surface area (Å²) in [5.74, 6) is -0.659. The molecule has 1 unspecified atom stereocenters. The highest BCUT2D eigenvalue weighted by molar-refractivity contribution is 6.11. The molecule has 3 heterocycles. The van der Waals surface area contributed by atoms with Crippen molar-refractivity contribution in [3.05, 3.63) is 120 Å². The number of amides is 3. The first-order chi connectivity index (χ1) is 21.5. The van der Waals surface area contributed by atoms with Crippen LogP contribution in [0.25, 0.3) is 22.2 Å². The Kier molecular flexibility index (Phi) is 8.33. The standard InChI is InChI=1S/C34H31N5O5/c1-43-34(42)39(25-12-6-3-7-13-25)37-32(40)30-26-14-8-9-15-28(26)36-31(23-10-4-2-5-11-23)27(30)22-29-33(41)38(19-18-35-29)24-16-20-44-21-17-24/h2-17,20,29,35H,18-19,21-22H2,1H3,(H,37,40). The summed E-state index contributed by atoms with van der Waals surface area (Å²) in [6, 6.07) is 25.0. The average Bonchev–Trinajstić information content (AvgIpc) is 3.08. The second-order valence-corrected chi connectivity index (χ2v) is 10.2. The van der Waals surface area contributed by atoms with Gasteiger partial charge in [-0.25, -0.2) is 9.78 Å². The van der Waals surface area contributed by atoms with Crippen LogP contribution in [0.1, 0.15) is 15.9 Å². The van der Waals surface area contributed by atoms with E-state index >= 15 is 0 Å². The smallest absolute Gasteiger partial charge is 0.433 e. The number of nitrogens with one attached hydrogen (secondary N) is 2. The van der Waals surface area contributed by atoms with E-state index in [2.05, 4.69) is 10.7 Å². The summed E-state index contributed by atoms with van der Waals surface area (Å²) in [6.45, 7) is 1.46. The lowest BCUT2D eigenvalue weighted by Gasteiger charge is -2.35. The number of para-hydroxylation sites is 2. The summed E-state index contributed by atoms with van der Waals surface area (Å²) in [5.41, 5.74) is 6.84. The molecule has 1 atom stereocenters. The monoisotopic (exact) mass is 589 g/mol. The van der Waals surface area contributed by atoms with Gasteiger partial charge in [-0.05, 0) is 42.3 Å². The SMILES string of the molecule is COC(=O)N(NC(=O)c1c(CC2NCCN(C3=CCOC=C3)C2=O)c(-c2ccccc2)nc2ccccc12)c1ccccc1. The third kappa shape index (κ3) is 5.75. The number of aromatic nitrogens is 1. The first kappa shape index (κ1) is 28.6. The molecular weight excluding hydrogens is 558 g/mol. The predicted molar refractivity (Wildman–Crippen MR) is 166 cm³/mol. The normalized spacial score (nSPS) is 16.2. The Morgan fingerprint density at radius 2 is 1.77 bits per heavy atom. The minimum atomic E-state index is -0.759. The van der Waals surface area contributed by atoms with E-state index in [1.807, 2.05) is 66.7 Å². The fourth-order valence-electron chi connectivity index (χ4n) is 5.52. The van der Waals surface area contributed by atoms with Crippen molar-refractivity contribution in [1.82, 2.24) is 20.6 Å². The molecule has 6 rings (SSSR count). The maximum Gasteiger partial charge on any atom is 0.433 e. The van der Waals surface area contributed by atoms with Crippen molar-refractivity contribution in [3.8, 4) is 11.3 Å². The third-order valence-electron chi connectivity index (χ3n) is 7.59. The van der Waals surface area contributed by atoms with Gasteiger partial charge < -0.3 is 19.7 Å². The lowest BCUT2D eigenvalue weighted by molar-refractivity contribution is -0.133. The molecule has 10 nitrogen and oxygen atoms in total. The Morgan fingerprint density at radius 1 is 1.05 bits per heavy atom. The van der Waals surface area contributed by atoms with E-state index in [9.17, 15) is 14.4 Å². The molecule has 0 aliphatic carbocycles. The van der Waals surface area contributed by atoms with Crippen LogP contribution in [-0.4, -0.2) is 60.6 Å². The van der Waals surface area contributed by atoms with E-state index in [0.717, 1.165) is 16.3 Å². The number of carbonyl (C=O) groups is 3. The highest BCUT2D eigenvalue weighted by Crippen LogP contribution is 2.32. The van der Waals surface area contributed by atoms with Gasteiger partial charge in [0.05, 0.1) is 41.9 Å². The van der Waals surface area contributed by atoms with Gasteiger partial charge in [-0.15, -0.1) is 0 Å². The van der Waals surface area contributed by atoms with Gasteiger partial charge in [0.15, 0.2) is 0 Å². The fraction of sp³-hybridized carbons (Fsp3) is 0.176. The van der Waals surface area contributed by atoms with Gasteiger partial charge in [-0.3, -0.25) is 15.0 Å². The van der Waals surface area contributed by atoms with Gasteiger partial charge >= 0.3 is 6.09 Å². The highest BCUT2D eigenvalue weighted by atomic mass is 16.5. The van der Waals surface area contributed by atoms with E-state index in [-0.39, 0.29) is 12.3 Å². The third-order valence-corrected chi connectivity index (χ3v) is 7.59. The molecule has 2 aliphatic rings. The number of piperazine rings is 1. The van der Waals surface area contributed by atoms with Gasteiger partial charge in [0.2, 0.25) is 5.91 Å². The molecule has 1 aromatic heterocycles. The Labute approximate surface area is 254 Å². The number of anilines is 1. The van der Waals surface area contributed by atoms with Crippen molar-refractivity contribution in [2.24, 2.45) is 0 Å². The van der Waals surface area contributed by atoms with Gasteiger partial charge in [0.25, 0.3) is 5.91 Å². The van der Waals surface area contributed by atoms with Crippen molar-refractivity contribution < 1.29 is 23.9 Å². The van der Waals surface area contributed by atoms with Crippen LogP contribution < -0.4 is 15.8 Å².